The second-order valence-corrected chi connectivity index (χ2v) is 6.67. The predicted molar refractivity (Wildman–Crippen MR) is 109 cm³/mol. The molecule has 1 aliphatic heterocycles. The molecule has 0 aromatic heterocycles. The molecule has 1 amide bonds. The maximum absolute atomic E-state index is 12.6. The van der Waals surface area contributed by atoms with Crippen LogP contribution in [0.15, 0.2) is 30.3 Å². The van der Waals surface area contributed by atoms with Gasteiger partial charge < -0.3 is 15.0 Å². The number of rotatable bonds is 7. The highest BCUT2D eigenvalue weighted by Gasteiger charge is 2.29. The van der Waals surface area contributed by atoms with Crippen LogP contribution in [0.4, 0.5) is 28.4 Å². The van der Waals surface area contributed by atoms with E-state index >= 15 is 0 Å². The molecule has 13 nitrogen and oxygen atoms in total. The first kappa shape index (κ1) is 21.4. The number of hydrogen-bond acceptors (Lipinski definition) is 9. The first-order chi connectivity index (χ1) is 14.7. The van der Waals surface area contributed by atoms with E-state index in [1.54, 1.807) is 0 Å². The summed E-state index contributed by atoms with van der Waals surface area (Å²) in [6.45, 7) is 1.34. The number of nitrogens with one attached hydrogen (secondary N) is 1. The number of amides is 1. The summed E-state index contributed by atoms with van der Waals surface area (Å²) < 4.78 is 4.77. The van der Waals surface area contributed by atoms with Gasteiger partial charge in [-0.1, -0.05) is 0 Å². The van der Waals surface area contributed by atoms with Gasteiger partial charge in [-0.15, -0.1) is 0 Å². The molecule has 1 fully saturated rings. The molecule has 0 saturated carbocycles. The molecule has 1 heterocycles. The SMILES string of the molecule is COc1c([N+](=O)[O-])cc(NC(=O)c2ccc(N3CCCC3)c([N+](=O)[O-])c2)cc1[N+](=O)[O-]. The molecule has 13 heteroatoms. The summed E-state index contributed by atoms with van der Waals surface area (Å²) in [4.78, 5) is 46.2. The summed E-state index contributed by atoms with van der Waals surface area (Å²) in [5.74, 6) is -1.37. The third kappa shape index (κ3) is 4.34. The summed E-state index contributed by atoms with van der Waals surface area (Å²) in [5.41, 5.74) is -1.56. The fourth-order valence-electron chi connectivity index (χ4n) is 3.39. The number of anilines is 2. The van der Waals surface area contributed by atoms with Crippen LogP contribution < -0.4 is 15.0 Å². The second-order valence-electron chi connectivity index (χ2n) is 6.67. The van der Waals surface area contributed by atoms with Crippen molar-refractivity contribution in [2.75, 3.05) is 30.4 Å². The summed E-state index contributed by atoms with van der Waals surface area (Å²) in [6.07, 6.45) is 1.82. The van der Waals surface area contributed by atoms with Gasteiger partial charge in [0.2, 0.25) is 0 Å². The highest BCUT2D eigenvalue weighted by atomic mass is 16.6. The lowest BCUT2D eigenvalue weighted by atomic mass is 10.1. The van der Waals surface area contributed by atoms with Gasteiger partial charge in [-0.3, -0.25) is 35.1 Å². The summed E-state index contributed by atoms with van der Waals surface area (Å²) >= 11 is 0. The number of benzene rings is 2. The first-order valence-corrected chi connectivity index (χ1v) is 9.08. The van der Waals surface area contributed by atoms with Crippen LogP contribution in [0.3, 0.4) is 0 Å². The zero-order valence-corrected chi connectivity index (χ0v) is 16.3. The molecule has 3 rings (SSSR count). The zero-order valence-electron chi connectivity index (χ0n) is 16.3. The van der Waals surface area contributed by atoms with Gasteiger partial charge in [-0.2, -0.15) is 0 Å². The van der Waals surface area contributed by atoms with Gasteiger partial charge in [-0.05, 0) is 25.0 Å². The third-order valence-electron chi connectivity index (χ3n) is 4.79. The largest absolute Gasteiger partial charge is 0.485 e. The quantitative estimate of drug-likeness (QED) is 0.510. The molecule has 2 aromatic carbocycles. The molecule has 2 aromatic rings. The Morgan fingerprint density at radius 2 is 1.48 bits per heavy atom. The second kappa shape index (κ2) is 8.61. The van der Waals surface area contributed by atoms with Crippen molar-refractivity contribution in [1.29, 1.82) is 0 Å². The number of carbonyl (C=O) groups is 1. The minimum atomic E-state index is -0.878. The van der Waals surface area contributed by atoms with Crippen molar-refractivity contribution in [2.24, 2.45) is 0 Å². The minimum Gasteiger partial charge on any atom is -0.485 e. The highest BCUT2D eigenvalue weighted by molar-refractivity contribution is 6.05. The van der Waals surface area contributed by atoms with Crippen LogP contribution >= 0.6 is 0 Å². The fourth-order valence-corrected chi connectivity index (χ4v) is 3.39. The standard InChI is InChI=1S/C18H17N5O8/c1-31-17-15(22(27)28)9-12(10-16(17)23(29)30)19-18(24)11-4-5-13(14(8-11)21(25)26)20-6-2-3-7-20/h4-5,8-10H,2-3,6-7H2,1H3,(H,19,24). The van der Waals surface area contributed by atoms with Crippen LogP contribution in [0.2, 0.25) is 0 Å². The number of nitro benzene ring substituents is 3. The van der Waals surface area contributed by atoms with Gasteiger partial charge >= 0.3 is 11.4 Å². The van der Waals surface area contributed by atoms with Gasteiger partial charge in [0, 0.05) is 36.9 Å². The molecule has 0 unspecified atom stereocenters. The Morgan fingerprint density at radius 3 is 1.97 bits per heavy atom. The highest BCUT2D eigenvalue weighted by Crippen LogP contribution is 2.39. The molecular weight excluding hydrogens is 414 g/mol. The van der Waals surface area contributed by atoms with E-state index in [0.29, 0.717) is 18.8 Å². The zero-order chi connectivity index (χ0) is 22.7. The Hall–Kier alpha value is -4.29. The molecule has 162 valence electrons. The topological polar surface area (TPSA) is 171 Å². The van der Waals surface area contributed by atoms with E-state index in [1.807, 2.05) is 4.90 Å². The number of carbonyl (C=O) groups excluding carboxylic acids is 1. The average molecular weight is 431 g/mol. The fraction of sp³-hybridized carbons (Fsp3) is 0.278. The van der Waals surface area contributed by atoms with Crippen LogP contribution in [0.5, 0.6) is 5.75 Å². The van der Waals surface area contributed by atoms with Crippen molar-refractivity contribution in [3.8, 4) is 5.75 Å². The van der Waals surface area contributed by atoms with E-state index in [0.717, 1.165) is 38.2 Å². The van der Waals surface area contributed by atoms with Crippen molar-refractivity contribution in [3.63, 3.8) is 0 Å². The normalized spacial score (nSPS) is 13.0. The average Bonchev–Trinajstić information content (AvgIpc) is 3.27. The molecule has 1 aliphatic rings. The Labute approximate surface area is 174 Å². The maximum atomic E-state index is 12.6. The van der Waals surface area contributed by atoms with Gasteiger partial charge in [0.1, 0.15) is 5.69 Å². The summed E-state index contributed by atoms with van der Waals surface area (Å²) in [6, 6.07) is 5.79. The van der Waals surface area contributed by atoms with Crippen LogP contribution in [-0.2, 0) is 0 Å². The molecule has 0 radical (unpaired) electrons. The van der Waals surface area contributed by atoms with E-state index in [-0.39, 0.29) is 16.9 Å². The molecule has 1 saturated heterocycles. The number of methoxy groups -OCH3 is 1. The molecule has 0 atom stereocenters. The van der Waals surface area contributed by atoms with Crippen LogP contribution in [0, 0.1) is 30.3 Å². The van der Waals surface area contributed by atoms with Crippen molar-refractivity contribution >= 4 is 34.3 Å². The Morgan fingerprint density at radius 1 is 0.935 bits per heavy atom. The number of ether oxygens (including phenoxy) is 1. The van der Waals surface area contributed by atoms with Crippen molar-refractivity contribution in [1.82, 2.24) is 0 Å². The number of nitrogens with zero attached hydrogens (tertiary/aromatic N) is 4. The van der Waals surface area contributed by atoms with E-state index in [4.69, 9.17) is 4.74 Å². The molecule has 0 aliphatic carbocycles. The van der Waals surface area contributed by atoms with Crippen molar-refractivity contribution < 1.29 is 24.3 Å². The van der Waals surface area contributed by atoms with Gasteiger partial charge in [0.25, 0.3) is 17.3 Å². The smallest absolute Gasteiger partial charge is 0.320 e. The van der Waals surface area contributed by atoms with Gasteiger partial charge in [-0.25, -0.2) is 0 Å². The molecule has 1 N–H and O–H groups in total. The minimum absolute atomic E-state index is 0.0734. The Balaban J connectivity index is 1.96. The van der Waals surface area contributed by atoms with Crippen LogP contribution in [-0.4, -0.2) is 40.9 Å². The Bertz CT molecular complexity index is 1050. The van der Waals surface area contributed by atoms with Crippen molar-refractivity contribution in [2.45, 2.75) is 12.8 Å². The van der Waals surface area contributed by atoms with Crippen molar-refractivity contribution in [3.05, 3.63) is 66.2 Å². The van der Waals surface area contributed by atoms with E-state index in [2.05, 4.69) is 5.32 Å². The number of nitro groups is 3. The maximum Gasteiger partial charge on any atom is 0.320 e. The lowest BCUT2D eigenvalue weighted by Crippen LogP contribution is -2.20. The van der Waals surface area contributed by atoms with E-state index in [9.17, 15) is 35.1 Å². The predicted octanol–water partition coefficient (Wildman–Crippen LogP) is 3.27. The van der Waals surface area contributed by atoms with E-state index in [1.165, 1.54) is 12.1 Å². The third-order valence-corrected chi connectivity index (χ3v) is 4.79. The lowest BCUT2D eigenvalue weighted by Gasteiger charge is -2.17. The van der Waals surface area contributed by atoms with Crippen LogP contribution in [0.1, 0.15) is 23.2 Å². The molecule has 0 spiro atoms. The van der Waals surface area contributed by atoms with Gasteiger partial charge in [0.05, 0.1) is 27.6 Å². The first-order valence-electron chi connectivity index (χ1n) is 9.08. The molecule has 31 heavy (non-hydrogen) atoms. The molecular formula is C18H17N5O8. The monoisotopic (exact) mass is 431 g/mol. The van der Waals surface area contributed by atoms with E-state index < -0.39 is 37.8 Å². The van der Waals surface area contributed by atoms with Crippen LogP contribution in [0.25, 0.3) is 0 Å². The Kier molecular flexibility index (Phi) is 5.95. The lowest BCUT2D eigenvalue weighted by molar-refractivity contribution is -0.395. The summed E-state index contributed by atoms with van der Waals surface area (Å²) in [7, 11) is 1.05. The molecule has 0 bridgehead atoms. The summed E-state index contributed by atoms with van der Waals surface area (Å²) in [5, 5.41) is 36.3. The number of hydrogen-bond donors (Lipinski definition) is 1. The van der Waals surface area contributed by atoms with Gasteiger partial charge in [0.15, 0.2) is 0 Å².